The van der Waals surface area contributed by atoms with Crippen LogP contribution in [0.4, 0.5) is 0 Å². The minimum atomic E-state index is 0.459. The number of hydrogen-bond donors (Lipinski definition) is 1. The van der Waals surface area contributed by atoms with Crippen molar-refractivity contribution in [2.75, 3.05) is 0 Å². The van der Waals surface area contributed by atoms with Crippen LogP contribution in [0, 0.1) is 0 Å². The van der Waals surface area contributed by atoms with Crippen molar-refractivity contribution < 1.29 is 5.11 Å². The molecule has 0 radical (unpaired) electrons. The molecular weight excluding hydrogens is 212 g/mol. The third kappa shape index (κ3) is 3.76. The SMILES string of the molecule is CCCCc1nn(CCC)c(CCCC)c1O. The molecule has 1 N–H and O–H groups in total. The monoisotopic (exact) mass is 238 g/mol. The third-order valence-corrected chi connectivity index (χ3v) is 3.07. The van der Waals surface area contributed by atoms with E-state index in [9.17, 15) is 5.11 Å². The Bertz CT molecular complexity index is 331. The normalized spacial score (nSPS) is 11.0. The van der Waals surface area contributed by atoms with Crippen molar-refractivity contribution in [1.29, 1.82) is 0 Å². The first-order chi connectivity index (χ1) is 8.24. The second-order valence-electron chi connectivity index (χ2n) is 4.67. The minimum Gasteiger partial charge on any atom is -0.504 e. The molecule has 0 fully saturated rings. The molecule has 0 atom stereocenters. The van der Waals surface area contributed by atoms with Gasteiger partial charge in [-0.1, -0.05) is 33.6 Å². The second-order valence-corrected chi connectivity index (χ2v) is 4.67. The van der Waals surface area contributed by atoms with Crippen molar-refractivity contribution in [3.05, 3.63) is 11.4 Å². The molecule has 0 aliphatic rings. The summed E-state index contributed by atoms with van der Waals surface area (Å²) in [5, 5.41) is 14.8. The predicted molar refractivity (Wildman–Crippen MR) is 71.4 cm³/mol. The second kappa shape index (κ2) is 7.36. The number of aromatic hydroxyl groups is 1. The van der Waals surface area contributed by atoms with Crippen LogP contribution < -0.4 is 0 Å². The lowest BCUT2D eigenvalue weighted by Crippen LogP contribution is -2.04. The van der Waals surface area contributed by atoms with E-state index < -0.39 is 0 Å². The van der Waals surface area contributed by atoms with Gasteiger partial charge in [-0.15, -0.1) is 0 Å². The standard InChI is InChI=1S/C14H26N2O/c1-4-7-9-12-14(17)13(10-8-5-2)16(15-12)11-6-3/h17H,4-11H2,1-3H3. The van der Waals surface area contributed by atoms with E-state index in [0.717, 1.165) is 62.9 Å². The highest BCUT2D eigenvalue weighted by atomic mass is 16.3. The molecule has 98 valence electrons. The zero-order chi connectivity index (χ0) is 12.7. The molecule has 3 heteroatoms. The summed E-state index contributed by atoms with van der Waals surface area (Å²) in [5.41, 5.74) is 1.94. The summed E-state index contributed by atoms with van der Waals surface area (Å²) in [7, 11) is 0. The Morgan fingerprint density at radius 3 is 2.24 bits per heavy atom. The highest BCUT2D eigenvalue weighted by Crippen LogP contribution is 2.25. The molecule has 1 rings (SSSR count). The van der Waals surface area contributed by atoms with Crippen LogP contribution in [0.3, 0.4) is 0 Å². The van der Waals surface area contributed by atoms with Crippen LogP contribution in [-0.4, -0.2) is 14.9 Å². The van der Waals surface area contributed by atoms with Gasteiger partial charge in [-0.2, -0.15) is 5.10 Å². The van der Waals surface area contributed by atoms with Crippen LogP contribution in [0.25, 0.3) is 0 Å². The lowest BCUT2D eigenvalue weighted by Gasteiger charge is -2.05. The maximum atomic E-state index is 10.2. The van der Waals surface area contributed by atoms with Gasteiger partial charge in [0.25, 0.3) is 0 Å². The number of aryl methyl sites for hydroxylation is 2. The van der Waals surface area contributed by atoms with E-state index in [2.05, 4.69) is 25.9 Å². The first-order valence-corrected chi connectivity index (χ1v) is 7.02. The Hall–Kier alpha value is -0.990. The topological polar surface area (TPSA) is 38.0 Å². The maximum Gasteiger partial charge on any atom is 0.160 e. The van der Waals surface area contributed by atoms with Gasteiger partial charge in [0.1, 0.15) is 5.69 Å². The molecule has 1 heterocycles. The van der Waals surface area contributed by atoms with Crippen LogP contribution >= 0.6 is 0 Å². The molecule has 0 saturated carbocycles. The smallest absolute Gasteiger partial charge is 0.160 e. The predicted octanol–water partition coefficient (Wildman–Crippen LogP) is 3.68. The number of nitrogens with zero attached hydrogens (tertiary/aromatic N) is 2. The molecule has 0 saturated heterocycles. The Labute approximate surface area is 105 Å². The van der Waals surface area contributed by atoms with Gasteiger partial charge in [0, 0.05) is 6.54 Å². The number of hydrogen-bond acceptors (Lipinski definition) is 2. The zero-order valence-corrected chi connectivity index (χ0v) is 11.5. The quantitative estimate of drug-likeness (QED) is 0.750. The summed E-state index contributed by atoms with van der Waals surface area (Å²) in [6, 6.07) is 0. The van der Waals surface area contributed by atoms with Gasteiger partial charge in [-0.3, -0.25) is 4.68 Å². The molecule has 17 heavy (non-hydrogen) atoms. The van der Waals surface area contributed by atoms with Crippen LogP contribution in [0.2, 0.25) is 0 Å². The number of aromatic nitrogens is 2. The van der Waals surface area contributed by atoms with Crippen molar-refractivity contribution in [1.82, 2.24) is 9.78 Å². The Morgan fingerprint density at radius 2 is 1.65 bits per heavy atom. The van der Waals surface area contributed by atoms with Gasteiger partial charge >= 0.3 is 0 Å². The minimum absolute atomic E-state index is 0.459. The zero-order valence-electron chi connectivity index (χ0n) is 11.5. The fraction of sp³-hybridized carbons (Fsp3) is 0.786. The van der Waals surface area contributed by atoms with Crippen LogP contribution in [0.1, 0.15) is 64.3 Å². The van der Waals surface area contributed by atoms with E-state index in [1.54, 1.807) is 0 Å². The van der Waals surface area contributed by atoms with Crippen molar-refractivity contribution in [2.45, 2.75) is 72.3 Å². The number of unbranched alkanes of at least 4 members (excludes halogenated alkanes) is 2. The summed E-state index contributed by atoms with van der Waals surface area (Å²) in [4.78, 5) is 0. The Kier molecular flexibility index (Phi) is 6.09. The third-order valence-electron chi connectivity index (χ3n) is 3.07. The Balaban J connectivity index is 2.85. The van der Waals surface area contributed by atoms with Gasteiger partial charge in [-0.05, 0) is 32.1 Å². The molecule has 0 aliphatic heterocycles. The maximum absolute atomic E-state index is 10.2. The summed E-state index contributed by atoms with van der Waals surface area (Å²) in [6.07, 6.45) is 7.43. The van der Waals surface area contributed by atoms with Gasteiger partial charge in [-0.25, -0.2) is 0 Å². The van der Waals surface area contributed by atoms with Crippen LogP contribution in [-0.2, 0) is 19.4 Å². The highest BCUT2D eigenvalue weighted by Gasteiger charge is 2.15. The average Bonchev–Trinajstić information content (AvgIpc) is 2.61. The van der Waals surface area contributed by atoms with E-state index in [1.807, 2.05) is 4.68 Å². The molecule has 0 spiro atoms. The molecule has 1 aromatic rings. The Morgan fingerprint density at radius 1 is 1.00 bits per heavy atom. The van der Waals surface area contributed by atoms with Gasteiger partial charge in [0.05, 0.1) is 5.69 Å². The lowest BCUT2D eigenvalue weighted by molar-refractivity contribution is 0.454. The van der Waals surface area contributed by atoms with Crippen molar-refractivity contribution in [3.8, 4) is 5.75 Å². The fourth-order valence-electron chi connectivity index (χ4n) is 2.04. The van der Waals surface area contributed by atoms with E-state index in [-0.39, 0.29) is 0 Å². The summed E-state index contributed by atoms with van der Waals surface area (Å²) >= 11 is 0. The fourth-order valence-corrected chi connectivity index (χ4v) is 2.04. The van der Waals surface area contributed by atoms with E-state index in [0.29, 0.717) is 5.75 Å². The molecule has 0 aromatic carbocycles. The molecule has 0 unspecified atom stereocenters. The molecule has 0 bridgehead atoms. The summed E-state index contributed by atoms with van der Waals surface area (Å²) < 4.78 is 2.01. The van der Waals surface area contributed by atoms with E-state index in [4.69, 9.17) is 0 Å². The van der Waals surface area contributed by atoms with Gasteiger partial charge in [0.2, 0.25) is 0 Å². The first kappa shape index (κ1) is 14.1. The molecule has 3 nitrogen and oxygen atoms in total. The van der Waals surface area contributed by atoms with Crippen LogP contribution in [0.5, 0.6) is 5.75 Å². The molecular formula is C14H26N2O. The van der Waals surface area contributed by atoms with Crippen molar-refractivity contribution >= 4 is 0 Å². The highest BCUT2D eigenvalue weighted by molar-refractivity contribution is 5.32. The number of rotatable bonds is 8. The summed E-state index contributed by atoms with van der Waals surface area (Å²) in [6.45, 7) is 7.40. The average molecular weight is 238 g/mol. The van der Waals surface area contributed by atoms with Crippen LogP contribution in [0.15, 0.2) is 0 Å². The van der Waals surface area contributed by atoms with E-state index >= 15 is 0 Å². The first-order valence-electron chi connectivity index (χ1n) is 7.02. The van der Waals surface area contributed by atoms with Gasteiger partial charge in [0.15, 0.2) is 5.75 Å². The lowest BCUT2D eigenvalue weighted by atomic mass is 10.1. The van der Waals surface area contributed by atoms with Gasteiger partial charge < -0.3 is 5.11 Å². The largest absolute Gasteiger partial charge is 0.504 e. The molecule has 0 amide bonds. The van der Waals surface area contributed by atoms with Crippen molar-refractivity contribution in [3.63, 3.8) is 0 Å². The molecule has 0 aliphatic carbocycles. The molecule has 1 aromatic heterocycles. The van der Waals surface area contributed by atoms with Crippen molar-refractivity contribution in [2.24, 2.45) is 0 Å². The summed E-state index contributed by atoms with van der Waals surface area (Å²) in [5.74, 6) is 0.459. The van der Waals surface area contributed by atoms with E-state index in [1.165, 1.54) is 0 Å².